The van der Waals surface area contributed by atoms with Crippen LogP contribution in [0.15, 0.2) is 24.3 Å². The summed E-state index contributed by atoms with van der Waals surface area (Å²) >= 11 is 0. The van der Waals surface area contributed by atoms with E-state index in [1.807, 2.05) is 58.1 Å². The molecule has 0 spiro atoms. The molecule has 5 heteroatoms. The molecule has 0 radical (unpaired) electrons. The Morgan fingerprint density at radius 1 is 1.19 bits per heavy atom. The van der Waals surface area contributed by atoms with Crippen LogP contribution in [0, 0.1) is 0 Å². The highest BCUT2D eigenvalue weighted by Gasteiger charge is 2.49. The smallest absolute Gasteiger partial charge is 0.400 e. The number of nitrogens with zero attached hydrogens (tertiary/aromatic N) is 1. The first-order chi connectivity index (χ1) is 9.84. The highest BCUT2D eigenvalue weighted by atomic mass is 16.7. The number of rotatable bonds is 5. The summed E-state index contributed by atoms with van der Waals surface area (Å²) < 4.78 is 11.8. The molecule has 1 aromatic heterocycles. The van der Waals surface area contributed by atoms with Crippen LogP contribution < -0.4 is 0 Å². The van der Waals surface area contributed by atoms with Crippen molar-refractivity contribution in [2.45, 2.75) is 51.7 Å². The topological polar surface area (TPSA) is 51.6 Å². The minimum Gasteiger partial charge on any atom is -0.400 e. The lowest BCUT2D eigenvalue weighted by molar-refractivity contribution is 0.00578. The predicted octanol–water partition coefficient (Wildman–Crippen LogP) is 2.65. The molecule has 1 aliphatic rings. The van der Waals surface area contributed by atoms with Crippen LogP contribution in [-0.4, -0.2) is 35.0 Å². The number of aliphatic hydroxyl groups excluding tert-OH is 1. The second-order valence-electron chi connectivity index (χ2n) is 6.39. The predicted molar refractivity (Wildman–Crippen MR) is 84.8 cm³/mol. The van der Waals surface area contributed by atoms with E-state index >= 15 is 0 Å². The summed E-state index contributed by atoms with van der Waals surface area (Å²) in [7, 11) is -0.330. The lowest BCUT2D eigenvalue weighted by Gasteiger charge is -2.32. The zero-order valence-electron chi connectivity index (χ0n) is 13.3. The van der Waals surface area contributed by atoms with Crippen molar-refractivity contribution in [2.24, 2.45) is 0 Å². The van der Waals surface area contributed by atoms with Crippen LogP contribution in [-0.2, 0) is 15.7 Å². The molecule has 1 aliphatic heterocycles. The summed E-state index contributed by atoms with van der Waals surface area (Å²) in [6.07, 6.45) is 5.34. The number of aliphatic hydroxyl groups is 1. The molecule has 0 amide bonds. The van der Waals surface area contributed by atoms with Crippen LogP contribution in [0.2, 0.25) is 0 Å². The fraction of sp³-hybridized carbons (Fsp3) is 0.562. The lowest BCUT2D eigenvalue weighted by atomic mass is 9.89. The van der Waals surface area contributed by atoms with Gasteiger partial charge >= 0.3 is 7.12 Å². The molecule has 1 fully saturated rings. The van der Waals surface area contributed by atoms with Crippen molar-refractivity contribution in [2.75, 3.05) is 6.61 Å². The first-order valence-corrected chi connectivity index (χ1v) is 7.44. The van der Waals surface area contributed by atoms with Crippen molar-refractivity contribution in [3.8, 4) is 0 Å². The van der Waals surface area contributed by atoms with Gasteiger partial charge in [0.25, 0.3) is 0 Å². The Morgan fingerprint density at radius 3 is 2.38 bits per heavy atom. The SMILES string of the molecule is CC1(C)OB(/C=C/c2ccc(CCCO)nc2)OC1(C)C. The van der Waals surface area contributed by atoms with Crippen molar-refractivity contribution in [3.63, 3.8) is 0 Å². The molecule has 114 valence electrons. The Kier molecular flexibility index (Phi) is 4.86. The molecule has 0 unspecified atom stereocenters. The molecule has 1 saturated heterocycles. The fourth-order valence-electron chi connectivity index (χ4n) is 2.10. The summed E-state index contributed by atoms with van der Waals surface area (Å²) in [6, 6.07) is 4.00. The van der Waals surface area contributed by atoms with Gasteiger partial charge in [0.2, 0.25) is 0 Å². The maximum Gasteiger partial charge on any atom is 0.487 e. The van der Waals surface area contributed by atoms with Gasteiger partial charge in [0.1, 0.15) is 0 Å². The number of hydrogen-bond donors (Lipinski definition) is 1. The molecular weight excluding hydrogens is 265 g/mol. The van der Waals surface area contributed by atoms with Crippen molar-refractivity contribution < 1.29 is 14.4 Å². The van der Waals surface area contributed by atoms with Gasteiger partial charge in [-0.3, -0.25) is 4.98 Å². The molecule has 0 aromatic carbocycles. The Hall–Kier alpha value is -1.17. The lowest BCUT2D eigenvalue weighted by Crippen LogP contribution is -2.41. The van der Waals surface area contributed by atoms with Gasteiger partial charge in [0, 0.05) is 18.5 Å². The molecule has 2 heterocycles. The third-order valence-electron chi connectivity index (χ3n) is 4.16. The van der Waals surface area contributed by atoms with E-state index in [1.54, 1.807) is 0 Å². The Bertz CT molecular complexity index is 481. The Morgan fingerprint density at radius 2 is 1.86 bits per heavy atom. The Labute approximate surface area is 127 Å². The number of hydrogen-bond acceptors (Lipinski definition) is 4. The van der Waals surface area contributed by atoms with Crippen molar-refractivity contribution in [3.05, 3.63) is 35.6 Å². The van der Waals surface area contributed by atoms with Crippen molar-refractivity contribution >= 4 is 13.2 Å². The van der Waals surface area contributed by atoms with E-state index in [-0.39, 0.29) is 24.9 Å². The molecule has 0 aliphatic carbocycles. The molecule has 21 heavy (non-hydrogen) atoms. The van der Waals surface area contributed by atoms with Crippen molar-refractivity contribution in [1.29, 1.82) is 0 Å². The quantitative estimate of drug-likeness (QED) is 0.847. The minimum absolute atomic E-state index is 0.200. The van der Waals surface area contributed by atoms with E-state index in [0.717, 1.165) is 24.1 Å². The van der Waals surface area contributed by atoms with Crippen LogP contribution in [0.1, 0.15) is 45.4 Å². The van der Waals surface area contributed by atoms with Gasteiger partial charge in [-0.05, 0) is 52.2 Å². The number of pyridine rings is 1. The van der Waals surface area contributed by atoms with Gasteiger partial charge in [-0.25, -0.2) is 0 Å². The minimum atomic E-state index is -0.330. The second-order valence-corrected chi connectivity index (χ2v) is 6.39. The van der Waals surface area contributed by atoms with E-state index in [0.29, 0.717) is 0 Å². The normalized spacial score (nSPS) is 20.3. The third kappa shape index (κ3) is 3.93. The summed E-state index contributed by atoms with van der Waals surface area (Å²) in [5.41, 5.74) is 1.39. The van der Waals surface area contributed by atoms with Crippen molar-refractivity contribution in [1.82, 2.24) is 4.98 Å². The zero-order chi connectivity index (χ0) is 15.5. The number of aromatic nitrogens is 1. The van der Waals surface area contributed by atoms with Crippen LogP contribution in [0.4, 0.5) is 0 Å². The first kappa shape index (κ1) is 16.2. The highest BCUT2D eigenvalue weighted by Crippen LogP contribution is 2.36. The molecule has 2 rings (SSSR count). The first-order valence-electron chi connectivity index (χ1n) is 7.44. The van der Waals surface area contributed by atoms with Gasteiger partial charge < -0.3 is 14.4 Å². The summed E-state index contributed by atoms with van der Waals surface area (Å²) in [5.74, 6) is 1.92. The molecule has 0 saturated carbocycles. The van der Waals surface area contributed by atoms with Gasteiger partial charge in [-0.2, -0.15) is 0 Å². The van der Waals surface area contributed by atoms with E-state index in [4.69, 9.17) is 14.4 Å². The Balaban J connectivity index is 1.96. The average molecular weight is 289 g/mol. The summed E-state index contributed by atoms with van der Waals surface area (Å²) in [5, 5.41) is 8.81. The zero-order valence-corrected chi connectivity index (χ0v) is 13.3. The molecular formula is C16H24BNO3. The maximum atomic E-state index is 8.81. The molecule has 4 nitrogen and oxygen atoms in total. The molecule has 1 N–H and O–H groups in total. The van der Waals surface area contributed by atoms with E-state index < -0.39 is 0 Å². The van der Waals surface area contributed by atoms with Gasteiger partial charge in [0.15, 0.2) is 0 Å². The third-order valence-corrected chi connectivity index (χ3v) is 4.16. The largest absolute Gasteiger partial charge is 0.487 e. The van der Waals surface area contributed by atoms with Gasteiger partial charge in [0.05, 0.1) is 11.2 Å². The van der Waals surface area contributed by atoms with Crippen LogP contribution in [0.5, 0.6) is 0 Å². The molecule has 0 bridgehead atoms. The van der Waals surface area contributed by atoms with Gasteiger partial charge in [-0.15, -0.1) is 0 Å². The molecule has 1 aromatic rings. The standard InChI is InChI=1S/C16H24BNO3/c1-15(2)16(3,4)21-17(20-15)10-9-13-7-8-14(18-12-13)6-5-11-19/h7-10,12,19H,5-6,11H2,1-4H3/b10-9+. The number of aryl methyl sites for hydroxylation is 1. The fourth-order valence-corrected chi connectivity index (χ4v) is 2.10. The van der Waals surface area contributed by atoms with Crippen LogP contribution >= 0.6 is 0 Å². The van der Waals surface area contributed by atoms with E-state index in [9.17, 15) is 0 Å². The summed E-state index contributed by atoms with van der Waals surface area (Å²) in [6.45, 7) is 8.36. The maximum absolute atomic E-state index is 8.81. The monoisotopic (exact) mass is 289 g/mol. The van der Waals surface area contributed by atoms with E-state index in [1.165, 1.54) is 0 Å². The average Bonchev–Trinajstić information content (AvgIpc) is 2.63. The molecule has 0 atom stereocenters. The van der Waals surface area contributed by atoms with E-state index in [2.05, 4.69) is 4.98 Å². The van der Waals surface area contributed by atoms with Gasteiger partial charge in [-0.1, -0.05) is 18.1 Å². The highest BCUT2D eigenvalue weighted by molar-refractivity contribution is 6.52. The summed E-state index contributed by atoms with van der Waals surface area (Å²) in [4.78, 5) is 4.37. The second kappa shape index (κ2) is 6.30. The van der Waals surface area contributed by atoms with Crippen LogP contribution in [0.3, 0.4) is 0 Å². The van der Waals surface area contributed by atoms with Crippen LogP contribution in [0.25, 0.3) is 6.08 Å².